The molecule has 1 unspecified atom stereocenters. The zero-order valence-electron chi connectivity index (χ0n) is 18.5. The molecule has 6 nitrogen and oxygen atoms in total. The molecule has 1 saturated heterocycles. The van der Waals surface area contributed by atoms with E-state index in [1.54, 1.807) is 6.33 Å². The standard InChI is InChI=1S/C26H31N5O/c32-15-18-5-4-10-30(14-18)21-12-22(26-24(13-21)27-16-28-26)19-8-9-25-23(11-19)29-17-31(25)20-6-2-1-3-7-20/h8-9,11-13,16-18,20,32H,1-7,10,14-15H2,(H,27,28). The van der Waals surface area contributed by atoms with E-state index in [9.17, 15) is 5.11 Å². The minimum atomic E-state index is 0.260. The first-order valence-corrected chi connectivity index (χ1v) is 12.1. The Kier molecular flexibility index (Phi) is 5.10. The van der Waals surface area contributed by atoms with E-state index >= 15 is 0 Å². The van der Waals surface area contributed by atoms with Crippen molar-refractivity contribution in [2.45, 2.75) is 51.0 Å². The number of imidazole rings is 2. The summed E-state index contributed by atoms with van der Waals surface area (Å²) in [5, 5.41) is 9.67. The first-order valence-electron chi connectivity index (χ1n) is 12.1. The Labute approximate surface area is 188 Å². The van der Waals surface area contributed by atoms with Gasteiger partial charge in [0.15, 0.2) is 0 Å². The van der Waals surface area contributed by atoms with Gasteiger partial charge in [-0.15, -0.1) is 0 Å². The minimum Gasteiger partial charge on any atom is -0.396 e. The predicted octanol–water partition coefficient (Wildman–Crippen LogP) is 5.29. The maximum Gasteiger partial charge on any atom is 0.0962 e. The van der Waals surface area contributed by atoms with Gasteiger partial charge in [0.1, 0.15) is 0 Å². The van der Waals surface area contributed by atoms with Gasteiger partial charge in [-0.1, -0.05) is 25.3 Å². The highest BCUT2D eigenvalue weighted by molar-refractivity contribution is 5.97. The number of aliphatic hydroxyl groups is 1. The number of nitrogens with zero attached hydrogens (tertiary/aromatic N) is 4. The van der Waals surface area contributed by atoms with Gasteiger partial charge >= 0.3 is 0 Å². The van der Waals surface area contributed by atoms with Gasteiger partial charge in [-0.25, -0.2) is 9.97 Å². The fourth-order valence-corrected chi connectivity index (χ4v) is 5.74. The number of H-pyrrole nitrogens is 1. The summed E-state index contributed by atoms with van der Waals surface area (Å²) in [6.07, 6.45) is 12.5. The molecule has 0 bridgehead atoms. The lowest BCUT2D eigenvalue weighted by Gasteiger charge is -2.34. The van der Waals surface area contributed by atoms with Gasteiger partial charge in [-0.05, 0) is 61.4 Å². The van der Waals surface area contributed by atoms with Gasteiger partial charge < -0.3 is 19.6 Å². The Morgan fingerprint density at radius 1 is 1.00 bits per heavy atom. The van der Waals surface area contributed by atoms with Crippen molar-refractivity contribution in [1.82, 2.24) is 19.5 Å². The van der Waals surface area contributed by atoms with Crippen LogP contribution in [0.4, 0.5) is 5.69 Å². The Morgan fingerprint density at radius 2 is 1.91 bits per heavy atom. The zero-order chi connectivity index (χ0) is 21.5. The van der Waals surface area contributed by atoms with E-state index in [2.05, 4.69) is 49.8 Å². The number of fused-ring (bicyclic) bond motifs is 2. The molecule has 2 fully saturated rings. The Bertz CT molecular complexity index is 1240. The number of rotatable bonds is 4. The molecule has 2 aromatic carbocycles. The summed E-state index contributed by atoms with van der Waals surface area (Å²) < 4.78 is 2.39. The summed E-state index contributed by atoms with van der Waals surface area (Å²) in [4.78, 5) is 15.1. The average Bonchev–Trinajstić information content (AvgIpc) is 3.50. The van der Waals surface area contributed by atoms with Crippen LogP contribution in [-0.2, 0) is 0 Å². The number of aliphatic hydroxyl groups excluding tert-OH is 1. The largest absolute Gasteiger partial charge is 0.396 e. The van der Waals surface area contributed by atoms with Crippen LogP contribution < -0.4 is 4.90 Å². The molecule has 6 heteroatoms. The maximum absolute atomic E-state index is 9.67. The fraction of sp³-hybridized carbons (Fsp3) is 0.462. The zero-order valence-corrected chi connectivity index (χ0v) is 18.5. The number of piperidine rings is 1. The second-order valence-electron chi connectivity index (χ2n) is 9.58. The van der Waals surface area contributed by atoms with Crippen molar-refractivity contribution >= 4 is 27.8 Å². The summed E-state index contributed by atoms with van der Waals surface area (Å²) in [6.45, 7) is 2.19. The van der Waals surface area contributed by atoms with E-state index in [-0.39, 0.29) is 6.61 Å². The van der Waals surface area contributed by atoms with E-state index in [0.717, 1.165) is 53.6 Å². The molecule has 1 saturated carbocycles. The molecular weight excluding hydrogens is 398 g/mol. The first-order chi connectivity index (χ1) is 15.8. The number of aromatic nitrogens is 4. The molecule has 2 aromatic heterocycles. The third-order valence-corrected chi connectivity index (χ3v) is 7.50. The number of anilines is 1. The van der Waals surface area contributed by atoms with E-state index in [1.165, 1.54) is 43.3 Å². The second kappa shape index (κ2) is 8.24. The van der Waals surface area contributed by atoms with E-state index in [0.29, 0.717) is 12.0 Å². The summed E-state index contributed by atoms with van der Waals surface area (Å²) in [5.41, 5.74) is 7.83. The average molecular weight is 430 g/mol. The van der Waals surface area contributed by atoms with Gasteiger partial charge in [0.2, 0.25) is 0 Å². The van der Waals surface area contributed by atoms with E-state index < -0.39 is 0 Å². The molecule has 3 heterocycles. The lowest BCUT2D eigenvalue weighted by atomic mass is 9.95. The Hall–Kier alpha value is -2.86. The monoisotopic (exact) mass is 429 g/mol. The van der Waals surface area contributed by atoms with Crippen molar-refractivity contribution in [3.05, 3.63) is 43.0 Å². The molecule has 32 heavy (non-hydrogen) atoms. The highest BCUT2D eigenvalue weighted by Crippen LogP contribution is 2.36. The Morgan fingerprint density at radius 3 is 2.78 bits per heavy atom. The number of nitrogens with one attached hydrogen (secondary N) is 1. The van der Waals surface area contributed by atoms with Crippen LogP contribution >= 0.6 is 0 Å². The van der Waals surface area contributed by atoms with Crippen molar-refractivity contribution in [3.8, 4) is 11.1 Å². The third kappa shape index (κ3) is 3.47. The van der Waals surface area contributed by atoms with E-state index in [1.807, 2.05) is 6.33 Å². The topological polar surface area (TPSA) is 70.0 Å². The lowest BCUT2D eigenvalue weighted by molar-refractivity contribution is 0.209. The molecule has 1 atom stereocenters. The molecule has 6 rings (SSSR count). The normalized spacial score (nSPS) is 20.4. The summed E-state index contributed by atoms with van der Waals surface area (Å²) >= 11 is 0. The van der Waals surface area contributed by atoms with Crippen molar-refractivity contribution in [1.29, 1.82) is 0 Å². The summed E-state index contributed by atoms with van der Waals surface area (Å²) in [6, 6.07) is 11.7. The highest BCUT2D eigenvalue weighted by atomic mass is 16.3. The molecule has 0 spiro atoms. The van der Waals surface area contributed by atoms with Crippen molar-refractivity contribution < 1.29 is 5.11 Å². The number of hydrogen-bond donors (Lipinski definition) is 2. The summed E-state index contributed by atoms with van der Waals surface area (Å²) in [7, 11) is 0. The van der Waals surface area contributed by atoms with Crippen LogP contribution in [0.5, 0.6) is 0 Å². The molecule has 1 aliphatic carbocycles. The van der Waals surface area contributed by atoms with Crippen LogP contribution in [0.1, 0.15) is 51.0 Å². The first kappa shape index (κ1) is 19.8. The van der Waals surface area contributed by atoms with Crippen molar-refractivity contribution in [2.24, 2.45) is 5.92 Å². The van der Waals surface area contributed by atoms with Crippen LogP contribution in [0, 0.1) is 5.92 Å². The lowest BCUT2D eigenvalue weighted by Crippen LogP contribution is -2.36. The van der Waals surface area contributed by atoms with E-state index in [4.69, 9.17) is 4.98 Å². The van der Waals surface area contributed by atoms with Gasteiger partial charge in [-0.3, -0.25) is 0 Å². The SMILES string of the molecule is OCC1CCCN(c2cc(-c3ccc4c(c3)ncn4C3CCCCC3)c3nc[nH]c3c2)C1. The minimum absolute atomic E-state index is 0.260. The molecule has 0 radical (unpaired) electrons. The van der Waals surface area contributed by atoms with Gasteiger partial charge in [0, 0.05) is 37.0 Å². The van der Waals surface area contributed by atoms with Crippen LogP contribution in [0.2, 0.25) is 0 Å². The second-order valence-corrected chi connectivity index (χ2v) is 9.58. The van der Waals surface area contributed by atoms with Crippen LogP contribution in [-0.4, -0.2) is 44.3 Å². The van der Waals surface area contributed by atoms with Gasteiger partial charge in [0.05, 0.1) is 34.7 Å². The molecule has 2 aliphatic rings. The summed E-state index contributed by atoms with van der Waals surface area (Å²) in [5.74, 6) is 0.352. The number of hydrogen-bond acceptors (Lipinski definition) is 4. The smallest absolute Gasteiger partial charge is 0.0962 e. The molecule has 2 N–H and O–H groups in total. The number of benzene rings is 2. The molecule has 166 valence electrons. The van der Waals surface area contributed by atoms with Crippen LogP contribution in [0.3, 0.4) is 0 Å². The molecule has 1 aliphatic heterocycles. The number of aromatic amines is 1. The van der Waals surface area contributed by atoms with Crippen molar-refractivity contribution in [3.63, 3.8) is 0 Å². The Balaban J connectivity index is 1.40. The maximum atomic E-state index is 9.67. The van der Waals surface area contributed by atoms with Crippen LogP contribution in [0.25, 0.3) is 33.2 Å². The van der Waals surface area contributed by atoms with Gasteiger partial charge in [0.25, 0.3) is 0 Å². The molecular formula is C26H31N5O. The molecule has 0 amide bonds. The van der Waals surface area contributed by atoms with Crippen molar-refractivity contribution in [2.75, 3.05) is 24.6 Å². The molecule has 4 aromatic rings. The van der Waals surface area contributed by atoms with Crippen LogP contribution in [0.15, 0.2) is 43.0 Å². The highest BCUT2D eigenvalue weighted by Gasteiger charge is 2.22. The quantitative estimate of drug-likeness (QED) is 0.462. The van der Waals surface area contributed by atoms with Gasteiger partial charge in [-0.2, -0.15) is 0 Å². The predicted molar refractivity (Wildman–Crippen MR) is 129 cm³/mol. The third-order valence-electron chi connectivity index (χ3n) is 7.50. The fourth-order valence-electron chi connectivity index (χ4n) is 5.74.